The van der Waals surface area contributed by atoms with Crippen LogP contribution in [0.25, 0.3) is 11.0 Å². The van der Waals surface area contributed by atoms with Gasteiger partial charge in [0.25, 0.3) is 0 Å². The molecule has 1 atom stereocenters. The molecule has 4 heterocycles. The van der Waals surface area contributed by atoms with Gasteiger partial charge in [-0.25, -0.2) is 9.97 Å². The van der Waals surface area contributed by atoms with E-state index in [0.717, 1.165) is 60.6 Å². The number of aryl methyl sites for hydroxylation is 2. The molecule has 2 aliphatic rings. The quantitative estimate of drug-likeness (QED) is 0.743. The van der Waals surface area contributed by atoms with Crippen molar-refractivity contribution in [3.05, 3.63) is 47.9 Å². The van der Waals surface area contributed by atoms with Gasteiger partial charge in [0.1, 0.15) is 11.6 Å². The van der Waals surface area contributed by atoms with Crippen LogP contribution in [0, 0.1) is 6.92 Å². The van der Waals surface area contributed by atoms with Gasteiger partial charge in [0.05, 0.1) is 17.5 Å². The number of carbonyl (C=O) groups is 1. The van der Waals surface area contributed by atoms with Crippen molar-refractivity contribution >= 4 is 22.8 Å². The van der Waals surface area contributed by atoms with Gasteiger partial charge in [-0.3, -0.25) is 9.48 Å². The molecule has 144 valence electrons. The Morgan fingerprint density at radius 1 is 1.14 bits per heavy atom. The SMILES string of the molecule is Cc1nc(N2CCC3(CC2)C[C@@H](c2ccccc2)C(=O)N3)c2cnn(C)c2n1. The number of amides is 1. The smallest absolute Gasteiger partial charge is 0.228 e. The molecule has 2 fully saturated rings. The third-order valence-electron chi connectivity index (χ3n) is 6.21. The van der Waals surface area contributed by atoms with Crippen molar-refractivity contribution in [2.45, 2.75) is 37.6 Å². The molecule has 0 aliphatic carbocycles. The fourth-order valence-electron chi connectivity index (χ4n) is 4.67. The van der Waals surface area contributed by atoms with Crippen LogP contribution in [0.3, 0.4) is 0 Å². The number of fused-ring (bicyclic) bond motifs is 1. The maximum Gasteiger partial charge on any atom is 0.228 e. The third-order valence-corrected chi connectivity index (χ3v) is 6.21. The Kier molecular flexibility index (Phi) is 3.86. The summed E-state index contributed by atoms with van der Waals surface area (Å²) >= 11 is 0. The van der Waals surface area contributed by atoms with Gasteiger partial charge in [-0.2, -0.15) is 5.10 Å². The number of rotatable bonds is 2. The average Bonchev–Trinajstić information content (AvgIpc) is 3.23. The first-order valence-electron chi connectivity index (χ1n) is 9.83. The fourth-order valence-corrected chi connectivity index (χ4v) is 4.67. The van der Waals surface area contributed by atoms with Crippen molar-refractivity contribution in [3.63, 3.8) is 0 Å². The summed E-state index contributed by atoms with van der Waals surface area (Å²) in [5.74, 6) is 1.82. The minimum Gasteiger partial charge on any atom is -0.356 e. The predicted octanol–water partition coefficient (Wildman–Crippen LogP) is 2.31. The Bertz CT molecular complexity index is 1040. The second-order valence-corrected chi connectivity index (χ2v) is 8.02. The van der Waals surface area contributed by atoms with Gasteiger partial charge in [-0.05, 0) is 31.7 Å². The molecule has 0 radical (unpaired) electrons. The van der Waals surface area contributed by atoms with Crippen molar-refractivity contribution in [2.75, 3.05) is 18.0 Å². The van der Waals surface area contributed by atoms with E-state index in [4.69, 9.17) is 4.98 Å². The summed E-state index contributed by atoms with van der Waals surface area (Å²) in [7, 11) is 1.90. The van der Waals surface area contributed by atoms with Gasteiger partial charge in [-0.15, -0.1) is 0 Å². The summed E-state index contributed by atoms with van der Waals surface area (Å²) < 4.78 is 1.79. The number of benzene rings is 1. The lowest BCUT2D eigenvalue weighted by Crippen LogP contribution is -2.51. The molecule has 2 saturated heterocycles. The second kappa shape index (κ2) is 6.29. The summed E-state index contributed by atoms with van der Waals surface area (Å²) in [6.45, 7) is 3.65. The van der Waals surface area contributed by atoms with E-state index in [1.165, 1.54) is 0 Å². The maximum absolute atomic E-state index is 12.7. The van der Waals surface area contributed by atoms with E-state index in [0.29, 0.717) is 0 Å². The highest BCUT2D eigenvalue weighted by Gasteiger charge is 2.46. The Morgan fingerprint density at radius 3 is 2.64 bits per heavy atom. The molecule has 0 unspecified atom stereocenters. The maximum atomic E-state index is 12.7. The lowest BCUT2D eigenvalue weighted by atomic mass is 9.82. The molecule has 7 heteroatoms. The average molecular weight is 376 g/mol. The number of piperidine rings is 1. The van der Waals surface area contributed by atoms with Crippen molar-refractivity contribution in [1.82, 2.24) is 25.1 Å². The van der Waals surface area contributed by atoms with Gasteiger partial charge in [0, 0.05) is 25.7 Å². The standard InChI is InChI=1S/C21H24N6O/c1-14-23-18-17(13-22-26(18)2)19(24-14)27-10-8-21(9-11-27)12-16(20(28)25-21)15-6-4-3-5-7-15/h3-7,13,16H,8-12H2,1-2H3,(H,25,28)/t16-/m0/s1. The molecule has 28 heavy (non-hydrogen) atoms. The van der Waals surface area contributed by atoms with E-state index in [-0.39, 0.29) is 17.4 Å². The summed E-state index contributed by atoms with van der Waals surface area (Å²) in [6, 6.07) is 10.1. The Labute approximate surface area is 163 Å². The van der Waals surface area contributed by atoms with E-state index in [1.54, 1.807) is 4.68 Å². The molecular weight excluding hydrogens is 352 g/mol. The van der Waals surface area contributed by atoms with Gasteiger partial charge in [-0.1, -0.05) is 30.3 Å². The van der Waals surface area contributed by atoms with Crippen LogP contribution in [0.4, 0.5) is 5.82 Å². The summed E-state index contributed by atoms with van der Waals surface area (Å²) in [4.78, 5) is 24.2. The zero-order valence-electron chi connectivity index (χ0n) is 16.2. The molecule has 1 aromatic carbocycles. The van der Waals surface area contributed by atoms with Gasteiger partial charge in [0.15, 0.2) is 5.65 Å². The first-order valence-corrected chi connectivity index (χ1v) is 9.83. The molecule has 0 saturated carbocycles. The van der Waals surface area contributed by atoms with Crippen LogP contribution in [0.2, 0.25) is 0 Å². The van der Waals surface area contributed by atoms with E-state index in [1.807, 2.05) is 38.4 Å². The molecule has 1 amide bonds. The number of anilines is 1. The summed E-state index contributed by atoms with van der Waals surface area (Å²) in [5.41, 5.74) is 1.87. The summed E-state index contributed by atoms with van der Waals surface area (Å²) in [5, 5.41) is 8.66. The molecule has 2 aromatic heterocycles. The Hall–Kier alpha value is -2.96. The highest BCUT2D eigenvalue weighted by Crippen LogP contribution is 2.40. The molecular formula is C21H24N6O. The molecule has 7 nitrogen and oxygen atoms in total. The van der Waals surface area contributed by atoms with E-state index >= 15 is 0 Å². The van der Waals surface area contributed by atoms with Crippen molar-refractivity contribution < 1.29 is 4.79 Å². The zero-order valence-corrected chi connectivity index (χ0v) is 16.2. The fraction of sp³-hybridized carbons (Fsp3) is 0.429. The first kappa shape index (κ1) is 17.2. The monoisotopic (exact) mass is 376 g/mol. The van der Waals surface area contributed by atoms with Gasteiger partial charge in [0.2, 0.25) is 5.91 Å². The molecule has 2 aliphatic heterocycles. The summed E-state index contributed by atoms with van der Waals surface area (Å²) in [6.07, 6.45) is 4.56. The highest BCUT2D eigenvalue weighted by molar-refractivity contribution is 5.88. The largest absolute Gasteiger partial charge is 0.356 e. The van der Waals surface area contributed by atoms with Gasteiger partial charge >= 0.3 is 0 Å². The number of carbonyl (C=O) groups excluding carboxylic acids is 1. The Balaban J connectivity index is 1.37. The molecule has 3 aromatic rings. The topological polar surface area (TPSA) is 75.9 Å². The van der Waals surface area contributed by atoms with Crippen molar-refractivity contribution in [2.24, 2.45) is 7.05 Å². The number of nitrogens with one attached hydrogen (secondary N) is 1. The van der Waals surface area contributed by atoms with E-state index in [2.05, 4.69) is 32.4 Å². The molecule has 0 bridgehead atoms. The van der Waals surface area contributed by atoms with Crippen molar-refractivity contribution in [1.29, 1.82) is 0 Å². The van der Waals surface area contributed by atoms with Gasteiger partial charge < -0.3 is 10.2 Å². The van der Waals surface area contributed by atoms with Crippen LogP contribution in [0.5, 0.6) is 0 Å². The Morgan fingerprint density at radius 2 is 1.89 bits per heavy atom. The van der Waals surface area contributed by atoms with Crippen molar-refractivity contribution in [3.8, 4) is 0 Å². The predicted molar refractivity (Wildman–Crippen MR) is 107 cm³/mol. The second-order valence-electron chi connectivity index (χ2n) is 8.02. The first-order chi connectivity index (χ1) is 13.5. The molecule has 1 spiro atoms. The van der Waals surface area contributed by atoms with E-state index in [9.17, 15) is 4.79 Å². The zero-order chi connectivity index (χ0) is 19.3. The number of hydrogen-bond acceptors (Lipinski definition) is 5. The number of aromatic nitrogens is 4. The van der Waals surface area contributed by atoms with Crippen LogP contribution < -0.4 is 10.2 Å². The normalized spacial score (nSPS) is 21.4. The minimum absolute atomic E-state index is 0.0425. The lowest BCUT2D eigenvalue weighted by Gasteiger charge is -2.40. The molecule has 5 rings (SSSR count). The van der Waals surface area contributed by atoms with E-state index < -0.39 is 0 Å². The number of nitrogens with zero attached hydrogens (tertiary/aromatic N) is 5. The third kappa shape index (κ3) is 2.73. The minimum atomic E-state index is -0.107. The lowest BCUT2D eigenvalue weighted by molar-refractivity contribution is -0.121. The van der Waals surface area contributed by atoms with Crippen LogP contribution in [-0.2, 0) is 11.8 Å². The van der Waals surface area contributed by atoms with Crippen LogP contribution in [0.1, 0.15) is 36.6 Å². The van der Waals surface area contributed by atoms with Crippen LogP contribution in [-0.4, -0.2) is 44.3 Å². The molecule has 1 N–H and O–H groups in total. The van der Waals surface area contributed by atoms with Crippen LogP contribution >= 0.6 is 0 Å². The highest BCUT2D eigenvalue weighted by atomic mass is 16.2. The van der Waals surface area contributed by atoms with Crippen LogP contribution in [0.15, 0.2) is 36.5 Å². The number of hydrogen-bond donors (Lipinski definition) is 1.